The van der Waals surface area contributed by atoms with Crippen molar-refractivity contribution < 1.29 is 13.6 Å². The maximum Gasteiger partial charge on any atom is 0.256 e. The predicted octanol–water partition coefficient (Wildman–Crippen LogP) is 8.39. The number of alkyl halides is 1. The summed E-state index contributed by atoms with van der Waals surface area (Å²) >= 11 is 6.19. The van der Waals surface area contributed by atoms with Gasteiger partial charge < -0.3 is 4.90 Å². The maximum absolute atomic E-state index is 15.4. The van der Waals surface area contributed by atoms with Gasteiger partial charge in [0.05, 0.1) is 22.3 Å². The van der Waals surface area contributed by atoms with Crippen LogP contribution in [0.2, 0.25) is 0 Å². The van der Waals surface area contributed by atoms with Crippen LogP contribution >= 0.6 is 11.6 Å². The number of hydrogen-bond acceptors (Lipinski definition) is 3. The molecule has 1 aromatic heterocycles. The molecule has 0 radical (unpaired) electrons. The van der Waals surface area contributed by atoms with E-state index in [1.54, 1.807) is 41.5 Å². The number of imidazole rings is 1. The van der Waals surface area contributed by atoms with Gasteiger partial charge in [-0.05, 0) is 75.9 Å². The Kier molecular flexibility index (Phi) is 9.36. The van der Waals surface area contributed by atoms with E-state index in [9.17, 15) is 9.18 Å². The Labute approximate surface area is 239 Å². The minimum Gasteiger partial charge on any atom is -0.339 e. The fraction of sp³-hybridized carbons (Fsp3) is 0.344. The second kappa shape index (κ2) is 12.7. The van der Waals surface area contributed by atoms with E-state index < -0.39 is 12.1 Å². The third-order valence-electron chi connectivity index (χ3n) is 7.33. The number of nitrogens with one attached hydrogen (secondary N) is 1. The summed E-state index contributed by atoms with van der Waals surface area (Å²) in [4.78, 5) is 19.7. The number of aryl methyl sites for hydroxylation is 1. The second-order valence-corrected chi connectivity index (χ2v) is 10.5. The minimum absolute atomic E-state index is 0.00513. The molecule has 1 aliphatic heterocycles. The van der Waals surface area contributed by atoms with Crippen molar-refractivity contribution in [3.05, 3.63) is 99.6 Å². The Morgan fingerprint density at radius 2 is 1.93 bits per heavy atom. The molecule has 1 saturated heterocycles. The monoisotopic (exact) mass is 564 g/mol. The molecule has 210 valence electrons. The van der Waals surface area contributed by atoms with Gasteiger partial charge in [-0.15, -0.1) is 0 Å². The summed E-state index contributed by atoms with van der Waals surface area (Å²) in [6.45, 7) is 7.89. The molecule has 8 heteroatoms. The first-order valence-corrected chi connectivity index (χ1v) is 14.0. The van der Waals surface area contributed by atoms with Crippen molar-refractivity contribution in [1.82, 2.24) is 14.5 Å². The normalized spacial score (nSPS) is 16.2. The van der Waals surface area contributed by atoms with Gasteiger partial charge in [0.1, 0.15) is 11.6 Å². The smallest absolute Gasteiger partial charge is 0.256 e. The summed E-state index contributed by atoms with van der Waals surface area (Å²) < 4.78 is 31.6. The summed E-state index contributed by atoms with van der Waals surface area (Å²) in [6.07, 6.45) is 7.88. The summed E-state index contributed by atoms with van der Waals surface area (Å²) in [5.74, 6) is -0.369. The molecule has 1 fully saturated rings. The van der Waals surface area contributed by atoms with Crippen LogP contribution in [0.15, 0.2) is 71.3 Å². The molecule has 4 rings (SSSR count). The highest BCUT2D eigenvalue weighted by Crippen LogP contribution is 2.33. The molecule has 2 aromatic carbocycles. The lowest BCUT2D eigenvalue weighted by Gasteiger charge is -2.32. The molecule has 1 aliphatic rings. The molecule has 1 amide bonds. The summed E-state index contributed by atoms with van der Waals surface area (Å²) in [5.41, 5.74) is 3.21. The number of halogens is 3. The van der Waals surface area contributed by atoms with Crippen molar-refractivity contribution in [3.63, 3.8) is 0 Å². The van der Waals surface area contributed by atoms with Crippen molar-refractivity contribution in [2.24, 2.45) is 0 Å². The first-order valence-electron chi connectivity index (χ1n) is 13.7. The molecule has 5 nitrogen and oxygen atoms in total. The van der Waals surface area contributed by atoms with Crippen molar-refractivity contribution in [1.29, 1.82) is 5.41 Å². The van der Waals surface area contributed by atoms with E-state index in [0.717, 1.165) is 17.5 Å². The lowest BCUT2D eigenvalue weighted by Crippen LogP contribution is -2.39. The maximum atomic E-state index is 15.4. The molecule has 1 atom stereocenters. The number of likely N-dealkylation sites (tertiary alicyclic amines) is 1. The highest BCUT2D eigenvalue weighted by Gasteiger charge is 2.30. The molecule has 1 N–H and O–H groups in total. The summed E-state index contributed by atoms with van der Waals surface area (Å²) in [6, 6.07) is 10.3. The zero-order chi connectivity index (χ0) is 29.0. The molecule has 0 bridgehead atoms. The molecule has 0 saturated carbocycles. The molecular formula is C32H35ClF2N4O. The topological polar surface area (TPSA) is 62.0 Å². The van der Waals surface area contributed by atoms with Crippen molar-refractivity contribution >= 4 is 34.3 Å². The number of fused-ring (bicyclic) bond motifs is 1. The SMILES string of the molecule is C\C=C(Cl)/C=C(\C=C/CC)C(=N)c1cc(F)c(C(=O)N2CCC(c3nc4ccccc4n3C(C)F)CC2)cc1C. The largest absolute Gasteiger partial charge is 0.339 e. The number of carbonyl (C=O) groups excluding carboxylic acids is 1. The van der Waals surface area contributed by atoms with Crippen LogP contribution in [-0.2, 0) is 0 Å². The van der Waals surface area contributed by atoms with Crippen LogP contribution in [0.25, 0.3) is 11.0 Å². The van der Waals surface area contributed by atoms with Crippen LogP contribution in [-0.4, -0.2) is 39.2 Å². The van der Waals surface area contributed by atoms with Crippen LogP contribution in [0.3, 0.4) is 0 Å². The number of benzene rings is 2. The van der Waals surface area contributed by atoms with Gasteiger partial charge >= 0.3 is 0 Å². The first-order chi connectivity index (χ1) is 19.2. The summed E-state index contributed by atoms with van der Waals surface area (Å²) in [7, 11) is 0. The van der Waals surface area contributed by atoms with Crippen LogP contribution < -0.4 is 0 Å². The zero-order valence-corrected chi connectivity index (χ0v) is 24.1. The Hall–Kier alpha value is -3.58. The summed E-state index contributed by atoms with van der Waals surface area (Å²) in [5, 5.41) is 9.21. The van der Waals surface area contributed by atoms with E-state index >= 15 is 4.39 Å². The van der Waals surface area contributed by atoms with Crippen molar-refractivity contribution in [2.75, 3.05) is 13.1 Å². The minimum atomic E-state index is -1.22. The van der Waals surface area contributed by atoms with E-state index in [0.29, 0.717) is 53.5 Å². The molecule has 0 aliphatic carbocycles. The lowest BCUT2D eigenvalue weighted by molar-refractivity contribution is 0.0704. The van der Waals surface area contributed by atoms with E-state index in [1.165, 1.54) is 19.1 Å². The molecule has 0 spiro atoms. The Morgan fingerprint density at radius 1 is 1.23 bits per heavy atom. The Bertz CT molecular complexity index is 1510. The van der Waals surface area contributed by atoms with Crippen LogP contribution in [0.4, 0.5) is 8.78 Å². The molecular weight excluding hydrogens is 530 g/mol. The number of allylic oxidation sites excluding steroid dienone is 6. The average Bonchev–Trinajstić information content (AvgIpc) is 3.35. The lowest BCUT2D eigenvalue weighted by atomic mass is 9.93. The van der Waals surface area contributed by atoms with Gasteiger partial charge in [0.25, 0.3) is 5.91 Å². The zero-order valence-electron chi connectivity index (χ0n) is 23.3. The highest BCUT2D eigenvalue weighted by atomic mass is 35.5. The number of hydrogen-bond donors (Lipinski definition) is 1. The van der Waals surface area contributed by atoms with Gasteiger partial charge in [-0.3, -0.25) is 14.8 Å². The molecule has 40 heavy (non-hydrogen) atoms. The fourth-order valence-corrected chi connectivity index (χ4v) is 5.30. The van der Waals surface area contributed by atoms with Gasteiger partial charge in [-0.25, -0.2) is 13.8 Å². The van der Waals surface area contributed by atoms with Gasteiger partial charge in [-0.1, -0.05) is 48.9 Å². The number of piperidine rings is 1. The standard InChI is InChI=1S/C32H35ClF2N4O/c1-5-7-10-23(18-24(33)6-2)30(36)25-19-27(35)26(17-20(25)3)32(40)38-15-13-22(14-16-38)31-37-28-11-8-9-12-29(28)39(31)21(4)34/h6-12,17-19,21-22,36H,5,13-16H2,1-4H3/b10-7-,23-18+,24-6+,36-30?. The molecule has 2 heterocycles. The molecule has 3 aromatic rings. The fourth-order valence-electron chi connectivity index (χ4n) is 5.19. The Morgan fingerprint density at radius 3 is 2.58 bits per heavy atom. The number of para-hydroxylation sites is 2. The predicted molar refractivity (Wildman–Crippen MR) is 159 cm³/mol. The number of carbonyl (C=O) groups is 1. The van der Waals surface area contributed by atoms with Crippen LogP contribution in [0.5, 0.6) is 0 Å². The number of nitrogens with zero attached hydrogens (tertiary/aromatic N) is 3. The third-order valence-corrected chi connectivity index (χ3v) is 7.66. The third kappa shape index (κ3) is 6.09. The van der Waals surface area contributed by atoms with E-state index in [4.69, 9.17) is 22.0 Å². The number of aromatic nitrogens is 2. The van der Waals surface area contributed by atoms with Gasteiger partial charge in [0, 0.05) is 35.2 Å². The van der Waals surface area contributed by atoms with Crippen molar-refractivity contribution in [3.8, 4) is 0 Å². The first kappa shape index (κ1) is 29.4. The van der Waals surface area contributed by atoms with Crippen molar-refractivity contribution in [2.45, 2.75) is 59.2 Å². The average molecular weight is 565 g/mol. The quantitative estimate of drug-likeness (QED) is 0.220. The van der Waals surface area contributed by atoms with E-state index in [-0.39, 0.29) is 23.1 Å². The van der Waals surface area contributed by atoms with E-state index in [2.05, 4.69) is 0 Å². The second-order valence-electron chi connectivity index (χ2n) is 10.1. The van der Waals surface area contributed by atoms with Gasteiger partial charge in [0.2, 0.25) is 0 Å². The van der Waals surface area contributed by atoms with Gasteiger partial charge in [0.15, 0.2) is 6.30 Å². The van der Waals surface area contributed by atoms with Crippen LogP contribution in [0, 0.1) is 18.2 Å². The number of amides is 1. The molecule has 1 unspecified atom stereocenters. The highest BCUT2D eigenvalue weighted by molar-refractivity contribution is 6.32. The van der Waals surface area contributed by atoms with Gasteiger partial charge in [-0.2, -0.15) is 0 Å². The Balaban J connectivity index is 1.53. The van der Waals surface area contributed by atoms with E-state index in [1.807, 2.05) is 37.3 Å². The number of rotatable bonds is 8. The van der Waals surface area contributed by atoms with Crippen LogP contribution in [0.1, 0.15) is 79.6 Å².